The van der Waals surface area contributed by atoms with Gasteiger partial charge in [-0.1, -0.05) is 297 Å². The Morgan fingerprint density at radius 3 is 0.870 bits per heavy atom. The summed E-state index contributed by atoms with van der Waals surface area (Å²) in [6.07, 6.45) is 19.4. The lowest BCUT2D eigenvalue weighted by atomic mass is 9.86. The van der Waals surface area contributed by atoms with Gasteiger partial charge in [0.1, 0.15) is 0 Å². The highest BCUT2D eigenvalue weighted by molar-refractivity contribution is 7.88. The van der Waals surface area contributed by atoms with Crippen LogP contribution in [0.15, 0.2) is 334 Å². The first-order valence-corrected chi connectivity index (χ1v) is 51.1. The van der Waals surface area contributed by atoms with E-state index in [-0.39, 0.29) is 41.9 Å². The fourth-order valence-corrected chi connectivity index (χ4v) is 24.5. The van der Waals surface area contributed by atoms with Crippen LogP contribution < -0.4 is 5.32 Å². The first-order valence-electron chi connectivity index (χ1n) is 49.3. The van der Waals surface area contributed by atoms with Gasteiger partial charge in [-0.2, -0.15) is 0 Å². The van der Waals surface area contributed by atoms with Crippen molar-refractivity contribution in [3.8, 4) is 0 Å². The maximum atomic E-state index is 13.2. The van der Waals surface area contributed by atoms with Crippen LogP contribution in [0.1, 0.15) is 226 Å². The van der Waals surface area contributed by atoms with E-state index in [0.717, 1.165) is 114 Å². The zero-order valence-corrected chi connectivity index (χ0v) is 78.7. The van der Waals surface area contributed by atoms with E-state index in [1.54, 1.807) is 11.4 Å². The maximum absolute atomic E-state index is 13.2. The van der Waals surface area contributed by atoms with E-state index < -0.39 is 10.0 Å². The number of benzene rings is 11. The van der Waals surface area contributed by atoms with E-state index in [2.05, 4.69) is 268 Å². The molecule has 4 saturated carbocycles. The minimum Gasteiger partial charge on any atom is -0.349 e. The monoisotopic (exact) mass is 1770 g/mol. The van der Waals surface area contributed by atoms with Gasteiger partial charge in [0.25, 0.3) is 17.7 Å². The summed E-state index contributed by atoms with van der Waals surface area (Å²) in [5.74, 6) is 7.13. The lowest BCUT2D eigenvalue weighted by molar-refractivity contribution is 0.0721. The Morgan fingerprint density at radius 2 is 0.550 bits per heavy atom. The third-order valence-corrected chi connectivity index (χ3v) is 32.5. The molecular formula is C117H140N8O5S. The molecular weight excluding hydrogens is 1630 g/mol. The molecule has 0 bridgehead atoms. The minimum atomic E-state index is -3.17. The Balaban J connectivity index is 0.000000128. The van der Waals surface area contributed by atoms with Crippen LogP contribution in [0.3, 0.4) is 0 Å². The molecule has 8 aliphatic rings. The molecule has 11 aromatic carbocycles. The molecule has 131 heavy (non-hydrogen) atoms. The molecule has 19 rings (SSSR count). The standard InChI is InChI=1S/2C31H36N2O.C30H34N2O.C25H34N2O2S/c1-32(31(34)26-16-9-4-10-17-26)29-20-28(30(21-29)25-14-7-3-8-15-25)23-33-19-11-18-27(22-33)24-12-5-2-6-13-24;1-32(31(34)27-15-9-4-10-16-27)29-21-28(30(22-29)26-13-7-3-8-14-26)23-33-19-17-25(18-20-33)24-11-5-2-6-12-24;33-30(26-14-8-3-9-15-26)31-28-20-27(29(21-28)25-12-6-2-7-13-25)22-32-18-16-24(17-19-32)23-10-4-1-5-11-23;1-26(30(2,28)29)24-17-23(25(18-24)22-11-7-4-8-12-22)19-27-15-13-21(14-16-27)20-9-5-3-6-10-20/h2-10,12-17,27-30H,11,18-23H2,1H3;2-16,25,28-30H,17-23H2,1H3;1-15,24,27-29H,16-22H2,(H,31,33);3-12,21,23-25H,13-19H2,1-2H3/t27?,28-,29?,30-;28-,29?,30-;27-,28?,29-;23-,24?,25-/m1111/s1. The van der Waals surface area contributed by atoms with Crippen LogP contribution in [0.4, 0.5) is 0 Å². The van der Waals surface area contributed by atoms with Gasteiger partial charge >= 0.3 is 0 Å². The van der Waals surface area contributed by atoms with E-state index in [4.69, 9.17) is 0 Å². The summed E-state index contributed by atoms with van der Waals surface area (Å²) in [6.45, 7) is 13.7. The predicted octanol–water partition coefficient (Wildman–Crippen LogP) is 22.6. The quantitative estimate of drug-likeness (QED) is 0.0630. The average molecular weight is 1770 g/mol. The highest BCUT2D eigenvalue weighted by Gasteiger charge is 2.45. The van der Waals surface area contributed by atoms with Crippen LogP contribution in [0, 0.1) is 23.7 Å². The van der Waals surface area contributed by atoms with Gasteiger partial charge in [0.15, 0.2) is 0 Å². The number of rotatable bonds is 24. The molecule has 4 heterocycles. The second-order valence-corrected chi connectivity index (χ2v) is 41.3. The SMILES string of the molecule is CN(C(=O)c1ccccc1)C1C[C@H](CN2CCC(c3ccccc3)CC2)[C@@H](c2ccccc2)C1.CN(C(=O)c1ccccc1)C1C[C@H](CN2CCCC(c3ccccc3)C2)[C@@H](c2ccccc2)C1.CN(C1C[C@H](CN2CCC(c3ccccc3)CC2)[C@@H](c2ccccc2)C1)S(C)(=O)=O.O=C(NC1C[C@H](CN2CCC(c3ccccc3)CC2)[C@@H](c2ccccc2)C1)c1ccccc1. The number of amides is 3. The summed E-state index contributed by atoms with van der Waals surface area (Å²) in [6, 6.07) is 117. The van der Waals surface area contributed by atoms with Crippen molar-refractivity contribution >= 4 is 27.7 Å². The van der Waals surface area contributed by atoms with Gasteiger partial charge in [0.05, 0.1) is 6.26 Å². The zero-order valence-electron chi connectivity index (χ0n) is 77.9. The molecule has 14 heteroatoms. The number of nitrogens with one attached hydrogen (secondary N) is 1. The number of piperidine rings is 4. The number of hydrogen-bond acceptors (Lipinski definition) is 9. The Bertz CT molecular complexity index is 5370. The van der Waals surface area contributed by atoms with Gasteiger partial charge in [0, 0.05) is 94.7 Å². The van der Waals surface area contributed by atoms with Crippen molar-refractivity contribution in [2.45, 2.75) is 174 Å². The number of sulfonamides is 1. The lowest BCUT2D eigenvalue weighted by Crippen LogP contribution is -2.39. The number of nitrogens with zero attached hydrogens (tertiary/aromatic N) is 7. The molecule has 4 saturated heterocycles. The van der Waals surface area contributed by atoms with Gasteiger partial charge in [0.2, 0.25) is 10.0 Å². The van der Waals surface area contributed by atoms with E-state index in [1.807, 2.05) is 115 Å². The molecule has 8 fully saturated rings. The third-order valence-electron chi connectivity index (χ3n) is 31.1. The molecule has 5 unspecified atom stereocenters. The fourth-order valence-electron chi connectivity index (χ4n) is 23.8. The molecule has 684 valence electrons. The van der Waals surface area contributed by atoms with Gasteiger partial charge in [-0.25, -0.2) is 12.7 Å². The van der Waals surface area contributed by atoms with Crippen LogP contribution in [0.2, 0.25) is 0 Å². The molecule has 4 aliphatic carbocycles. The Hall–Kier alpha value is -10.4. The third kappa shape index (κ3) is 25.3. The van der Waals surface area contributed by atoms with Crippen molar-refractivity contribution < 1.29 is 22.8 Å². The number of hydrogen-bond donors (Lipinski definition) is 1. The highest BCUT2D eigenvalue weighted by Crippen LogP contribution is 2.48. The average Bonchev–Trinajstić information content (AvgIpc) is 1.69. The molecule has 13 nitrogen and oxygen atoms in total. The zero-order chi connectivity index (χ0) is 90.3. The Labute approximate surface area is 783 Å². The summed E-state index contributed by atoms with van der Waals surface area (Å²) < 4.78 is 25.9. The summed E-state index contributed by atoms with van der Waals surface area (Å²) >= 11 is 0. The number of carbonyl (C=O) groups is 3. The van der Waals surface area contributed by atoms with Crippen molar-refractivity contribution in [2.75, 3.05) is 106 Å². The van der Waals surface area contributed by atoms with E-state index in [0.29, 0.717) is 71.0 Å². The Kier molecular flexibility index (Phi) is 33.1. The van der Waals surface area contributed by atoms with Crippen LogP contribution in [0.25, 0.3) is 0 Å². The topological polar surface area (TPSA) is 120 Å². The van der Waals surface area contributed by atoms with Gasteiger partial charge in [-0.15, -0.1) is 0 Å². The number of likely N-dealkylation sites (tertiary alicyclic amines) is 4. The van der Waals surface area contributed by atoms with Gasteiger partial charge < -0.3 is 34.7 Å². The normalized spacial score (nSPS) is 24.7. The highest BCUT2D eigenvalue weighted by atomic mass is 32.2. The first kappa shape index (κ1) is 93.8. The molecule has 13 atom stereocenters. The summed E-state index contributed by atoms with van der Waals surface area (Å²) in [5.41, 5.74) is 13.9. The summed E-state index contributed by atoms with van der Waals surface area (Å²) in [4.78, 5) is 53.8. The molecule has 0 radical (unpaired) electrons. The van der Waals surface area contributed by atoms with Crippen molar-refractivity contribution in [3.63, 3.8) is 0 Å². The van der Waals surface area contributed by atoms with E-state index in [9.17, 15) is 22.8 Å². The van der Waals surface area contributed by atoms with Crippen molar-refractivity contribution in [1.82, 2.24) is 39.0 Å². The largest absolute Gasteiger partial charge is 0.349 e. The van der Waals surface area contributed by atoms with Crippen LogP contribution in [-0.4, -0.2) is 190 Å². The molecule has 0 spiro atoms. The van der Waals surface area contributed by atoms with Crippen molar-refractivity contribution in [2.24, 2.45) is 23.7 Å². The molecule has 4 aliphatic heterocycles. The Morgan fingerprint density at radius 1 is 0.290 bits per heavy atom. The molecule has 11 aromatic rings. The van der Waals surface area contributed by atoms with Crippen LogP contribution in [0.5, 0.6) is 0 Å². The van der Waals surface area contributed by atoms with Crippen LogP contribution in [-0.2, 0) is 10.0 Å². The smallest absolute Gasteiger partial charge is 0.253 e. The maximum Gasteiger partial charge on any atom is 0.253 e. The lowest BCUT2D eigenvalue weighted by Gasteiger charge is -2.36. The summed E-state index contributed by atoms with van der Waals surface area (Å²) in [7, 11) is 2.57. The minimum absolute atomic E-state index is 0.0525. The van der Waals surface area contributed by atoms with Crippen LogP contribution >= 0.6 is 0 Å². The first-order chi connectivity index (χ1) is 64.0. The number of carbonyl (C=O) groups excluding carboxylic acids is 3. The molecule has 0 aromatic heterocycles. The van der Waals surface area contributed by atoms with Gasteiger partial charge in [-0.3, -0.25) is 14.4 Å². The fraction of sp³-hybridized carbons (Fsp3) is 0.410. The second-order valence-electron chi connectivity index (χ2n) is 39.3. The second kappa shape index (κ2) is 46.3. The summed E-state index contributed by atoms with van der Waals surface area (Å²) in [5, 5.41) is 3.33. The van der Waals surface area contributed by atoms with E-state index in [1.165, 1.54) is 135 Å². The van der Waals surface area contributed by atoms with Gasteiger partial charge in [-0.05, 0) is 300 Å². The van der Waals surface area contributed by atoms with Crippen molar-refractivity contribution in [3.05, 3.63) is 395 Å². The van der Waals surface area contributed by atoms with Crippen molar-refractivity contribution in [1.29, 1.82) is 0 Å². The molecule has 1 N–H and O–H groups in total. The van der Waals surface area contributed by atoms with E-state index >= 15 is 0 Å². The molecule has 3 amide bonds. The predicted molar refractivity (Wildman–Crippen MR) is 536 cm³/mol.